The summed E-state index contributed by atoms with van der Waals surface area (Å²) >= 11 is 0. The average Bonchev–Trinajstić information content (AvgIpc) is 2.82. The van der Waals surface area contributed by atoms with Gasteiger partial charge in [0.05, 0.1) is 0 Å². The van der Waals surface area contributed by atoms with E-state index in [1.807, 2.05) is 12.7 Å². The Morgan fingerprint density at radius 3 is 2.50 bits per heavy atom. The molecule has 2 aromatic carbocycles. The summed E-state index contributed by atoms with van der Waals surface area (Å²) in [6, 6.07) is 16.9. The van der Waals surface area contributed by atoms with Crippen molar-refractivity contribution in [2.75, 3.05) is 6.66 Å². The summed E-state index contributed by atoms with van der Waals surface area (Å²) in [5.74, 6) is 0. The summed E-state index contributed by atoms with van der Waals surface area (Å²) < 4.78 is 0. The molecule has 2 heteroatoms. The Labute approximate surface area is 108 Å². The van der Waals surface area contributed by atoms with Gasteiger partial charge in [0.15, 0.2) is 5.30 Å². The molecule has 1 unspecified atom stereocenters. The van der Waals surface area contributed by atoms with Gasteiger partial charge in [0.25, 0.3) is 0 Å². The Hall–Kier alpha value is -1.72. The van der Waals surface area contributed by atoms with Gasteiger partial charge < -0.3 is 0 Å². The summed E-state index contributed by atoms with van der Waals surface area (Å²) in [6.45, 7) is 2.00. The number of hydrogen-bond acceptors (Lipinski definition) is 1. The van der Waals surface area contributed by atoms with E-state index in [0.717, 1.165) is 6.42 Å². The van der Waals surface area contributed by atoms with Crippen LogP contribution in [0.15, 0.2) is 48.5 Å². The maximum atomic E-state index is 8.02. The van der Waals surface area contributed by atoms with E-state index in [9.17, 15) is 0 Å². The van der Waals surface area contributed by atoms with E-state index >= 15 is 0 Å². The van der Waals surface area contributed by atoms with Crippen molar-refractivity contribution in [3.05, 3.63) is 65.2 Å². The Morgan fingerprint density at radius 2 is 1.72 bits per heavy atom. The normalized spacial score (nSPS) is 14.1. The Bertz CT molecular complexity index is 656. The average molecular weight is 252 g/mol. The number of allylic oxidation sites excluding steroid dienone is 1. The van der Waals surface area contributed by atoms with Crippen molar-refractivity contribution in [2.24, 2.45) is 0 Å². The fourth-order valence-electron chi connectivity index (χ4n) is 2.49. The third-order valence-corrected chi connectivity index (χ3v) is 4.49. The first-order valence-electron chi connectivity index (χ1n) is 6.08. The molecule has 0 saturated heterocycles. The van der Waals surface area contributed by atoms with E-state index in [-0.39, 0.29) is 0 Å². The minimum absolute atomic E-state index is 0.799. The highest BCUT2D eigenvalue weighted by Gasteiger charge is 2.20. The summed E-state index contributed by atoms with van der Waals surface area (Å²) in [5, 5.41) is 9.21. The van der Waals surface area contributed by atoms with Crippen LogP contribution in [0.25, 0.3) is 11.6 Å². The lowest BCUT2D eigenvalue weighted by Crippen LogP contribution is -2.03. The second-order valence-corrected chi connectivity index (χ2v) is 6.22. The molecule has 0 radical (unpaired) electrons. The van der Waals surface area contributed by atoms with Gasteiger partial charge in [-0.15, -0.1) is 5.16 Å². The van der Waals surface area contributed by atoms with Crippen molar-refractivity contribution >= 4 is 24.7 Å². The minimum Gasteiger partial charge on any atom is -0.119 e. The van der Waals surface area contributed by atoms with E-state index in [0.29, 0.717) is 0 Å². The van der Waals surface area contributed by atoms with Gasteiger partial charge in [-0.1, -0.05) is 48.5 Å². The molecular formula is C16H15NP+. The van der Waals surface area contributed by atoms with Crippen LogP contribution < -0.4 is 5.30 Å². The first-order valence-corrected chi connectivity index (χ1v) is 7.87. The lowest BCUT2D eigenvalue weighted by atomic mass is 10.0. The van der Waals surface area contributed by atoms with Crippen LogP contribution in [0.4, 0.5) is 0 Å². The van der Waals surface area contributed by atoms with E-state index in [1.54, 1.807) is 0 Å². The third kappa shape index (κ3) is 1.91. The molecule has 1 aliphatic rings. The van der Waals surface area contributed by atoms with Gasteiger partial charge in [-0.2, -0.15) is 0 Å². The van der Waals surface area contributed by atoms with Crippen molar-refractivity contribution in [1.29, 1.82) is 5.16 Å². The molecule has 1 atom stereocenters. The SMILES string of the molecule is C[P+](=N)c1ccccc1C1=Cc2ccccc2C1. The fourth-order valence-corrected chi connectivity index (χ4v) is 3.38. The zero-order valence-corrected chi connectivity index (χ0v) is 11.2. The van der Waals surface area contributed by atoms with Crippen molar-refractivity contribution in [2.45, 2.75) is 6.42 Å². The summed E-state index contributed by atoms with van der Waals surface area (Å²) in [5.41, 5.74) is 5.34. The molecule has 88 valence electrons. The molecule has 1 N–H and O–H groups in total. The quantitative estimate of drug-likeness (QED) is 0.771. The highest BCUT2D eigenvalue weighted by Crippen LogP contribution is 2.33. The van der Waals surface area contributed by atoms with Crippen LogP contribution in [-0.2, 0) is 6.42 Å². The molecule has 0 saturated carbocycles. The zero-order valence-electron chi connectivity index (χ0n) is 10.4. The molecule has 18 heavy (non-hydrogen) atoms. The monoisotopic (exact) mass is 252 g/mol. The molecule has 1 aliphatic carbocycles. The van der Waals surface area contributed by atoms with Gasteiger partial charge >= 0.3 is 0 Å². The van der Waals surface area contributed by atoms with Gasteiger partial charge in [-0.25, -0.2) is 0 Å². The first-order chi connectivity index (χ1) is 8.75. The van der Waals surface area contributed by atoms with Crippen LogP contribution in [0.2, 0.25) is 0 Å². The molecule has 2 aromatic rings. The van der Waals surface area contributed by atoms with Crippen LogP contribution in [0.1, 0.15) is 16.7 Å². The van der Waals surface area contributed by atoms with Crippen LogP contribution in [-0.4, -0.2) is 6.66 Å². The first kappa shape index (κ1) is 11.4. The Morgan fingerprint density at radius 1 is 1.00 bits per heavy atom. The van der Waals surface area contributed by atoms with E-state index < -0.39 is 7.71 Å². The number of nitrogens with one attached hydrogen (secondary N) is 1. The van der Waals surface area contributed by atoms with E-state index in [1.165, 1.54) is 27.6 Å². The van der Waals surface area contributed by atoms with Crippen LogP contribution in [0.5, 0.6) is 0 Å². The van der Waals surface area contributed by atoms with Gasteiger partial charge in [0.2, 0.25) is 7.71 Å². The summed E-state index contributed by atoms with van der Waals surface area (Å²) in [7, 11) is -0.799. The second kappa shape index (κ2) is 4.51. The maximum absolute atomic E-state index is 8.02. The highest BCUT2D eigenvalue weighted by atomic mass is 31.1. The van der Waals surface area contributed by atoms with Crippen molar-refractivity contribution in [1.82, 2.24) is 0 Å². The topological polar surface area (TPSA) is 23.9 Å². The van der Waals surface area contributed by atoms with Crippen LogP contribution in [0.3, 0.4) is 0 Å². The standard InChI is InChI=1S/C16H15NP/c1-18(17)16-9-5-4-8-15(16)14-10-12-6-2-3-7-13(12)11-14/h2-10,17H,11H2,1H3/q+1. The van der Waals surface area contributed by atoms with Gasteiger partial charge in [0.1, 0.15) is 6.66 Å². The molecule has 0 aromatic heterocycles. The molecule has 0 spiro atoms. The zero-order chi connectivity index (χ0) is 12.5. The Balaban J connectivity index is 2.07. The van der Waals surface area contributed by atoms with Crippen LogP contribution in [0, 0.1) is 5.16 Å². The molecule has 0 aliphatic heterocycles. The summed E-state index contributed by atoms with van der Waals surface area (Å²) in [6.07, 6.45) is 3.27. The van der Waals surface area contributed by atoms with Gasteiger partial charge in [-0.05, 0) is 29.2 Å². The number of benzene rings is 2. The van der Waals surface area contributed by atoms with Gasteiger partial charge in [0, 0.05) is 5.56 Å². The highest BCUT2D eigenvalue weighted by molar-refractivity contribution is 7.54. The van der Waals surface area contributed by atoms with Crippen molar-refractivity contribution < 1.29 is 0 Å². The molecular weight excluding hydrogens is 237 g/mol. The van der Waals surface area contributed by atoms with Crippen molar-refractivity contribution in [3.63, 3.8) is 0 Å². The minimum atomic E-state index is -0.799. The lowest BCUT2D eigenvalue weighted by Gasteiger charge is -2.03. The molecule has 0 bridgehead atoms. The number of rotatable bonds is 2. The fraction of sp³-hybridized carbons (Fsp3) is 0.125. The second-order valence-electron chi connectivity index (χ2n) is 4.62. The summed E-state index contributed by atoms with van der Waals surface area (Å²) in [4.78, 5) is 0. The molecule has 1 nitrogen and oxygen atoms in total. The molecule has 0 heterocycles. The predicted molar refractivity (Wildman–Crippen MR) is 79.7 cm³/mol. The van der Waals surface area contributed by atoms with E-state index in [2.05, 4.69) is 48.5 Å². The van der Waals surface area contributed by atoms with E-state index in [4.69, 9.17) is 5.16 Å². The number of hydrogen-bond donors (Lipinski definition) is 1. The molecule has 0 fully saturated rings. The van der Waals surface area contributed by atoms with Gasteiger partial charge in [-0.3, -0.25) is 0 Å². The predicted octanol–water partition coefficient (Wildman–Crippen LogP) is 4.28. The van der Waals surface area contributed by atoms with Crippen molar-refractivity contribution in [3.8, 4) is 0 Å². The number of fused-ring (bicyclic) bond motifs is 1. The van der Waals surface area contributed by atoms with Crippen LogP contribution >= 0.6 is 7.71 Å². The third-order valence-electron chi connectivity index (χ3n) is 3.38. The Kier molecular flexibility index (Phi) is 2.85. The lowest BCUT2D eigenvalue weighted by molar-refractivity contribution is 1.32. The molecule has 3 rings (SSSR count). The molecule has 0 amide bonds. The largest absolute Gasteiger partial charge is 0.231 e. The smallest absolute Gasteiger partial charge is 0.119 e. The maximum Gasteiger partial charge on any atom is 0.231 e.